The fraction of sp³-hybridized carbons (Fsp3) is 0.182. The molecule has 7 heteroatoms. The fourth-order valence-electron chi connectivity index (χ4n) is 3.14. The summed E-state index contributed by atoms with van der Waals surface area (Å²) in [7, 11) is 1.62. The van der Waals surface area contributed by atoms with Gasteiger partial charge in [0, 0.05) is 11.3 Å². The molecule has 0 unspecified atom stereocenters. The Balaban J connectivity index is 1.53. The van der Waals surface area contributed by atoms with E-state index in [2.05, 4.69) is 5.10 Å². The van der Waals surface area contributed by atoms with Crippen molar-refractivity contribution in [3.05, 3.63) is 84.1 Å². The Kier molecular flexibility index (Phi) is 5.67. The minimum absolute atomic E-state index is 0.135. The highest BCUT2D eigenvalue weighted by Crippen LogP contribution is 2.34. The topological polar surface area (TPSA) is 55.0 Å². The number of hydrogen-bond donors (Lipinski definition) is 0. The van der Waals surface area contributed by atoms with E-state index in [1.165, 1.54) is 28.9 Å². The first-order valence-electron chi connectivity index (χ1n) is 9.10. The van der Waals surface area contributed by atoms with Crippen LogP contribution in [0.15, 0.2) is 81.3 Å². The van der Waals surface area contributed by atoms with Crippen LogP contribution in [-0.4, -0.2) is 29.5 Å². The third kappa shape index (κ3) is 4.35. The second-order valence-corrected chi connectivity index (χ2v) is 7.54. The zero-order chi connectivity index (χ0) is 20.2. The third-order valence-electron chi connectivity index (χ3n) is 4.64. The van der Waals surface area contributed by atoms with Crippen LogP contribution < -0.4 is 4.74 Å². The van der Waals surface area contributed by atoms with Crippen LogP contribution in [0.2, 0.25) is 0 Å². The fourth-order valence-corrected chi connectivity index (χ4v) is 3.89. The Hall–Kier alpha value is -3.06. The molecule has 1 amide bonds. The minimum Gasteiger partial charge on any atom is -0.497 e. The van der Waals surface area contributed by atoms with E-state index in [9.17, 15) is 9.18 Å². The van der Waals surface area contributed by atoms with Gasteiger partial charge in [-0.2, -0.15) is 5.10 Å². The van der Waals surface area contributed by atoms with Gasteiger partial charge in [0.05, 0.1) is 24.8 Å². The first-order chi connectivity index (χ1) is 14.1. The van der Waals surface area contributed by atoms with E-state index in [1.807, 2.05) is 30.3 Å². The van der Waals surface area contributed by atoms with Crippen LogP contribution in [0.1, 0.15) is 23.8 Å². The van der Waals surface area contributed by atoms with Crippen LogP contribution >= 0.6 is 11.8 Å². The van der Waals surface area contributed by atoms with Crippen LogP contribution in [-0.2, 0) is 4.79 Å². The lowest BCUT2D eigenvalue weighted by atomic mass is 10.0. The lowest BCUT2D eigenvalue weighted by molar-refractivity contribution is -0.130. The summed E-state index contributed by atoms with van der Waals surface area (Å²) < 4.78 is 23.8. The summed E-state index contributed by atoms with van der Waals surface area (Å²) in [6, 6.07) is 17.0. The summed E-state index contributed by atoms with van der Waals surface area (Å²) in [5.41, 5.74) is 1.75. The molecule has 0 N–H and O–H groups in total. The summed E-state index contributed by atoms with van der Waals surface area (Å²) in [5, 5.41) is 6.10. The number of amides is 1. The predicted molar refractivity (Wildman–Crippen MR) is 110 cm³/mol. The Morgan fingerprint density at radius 2 is 1.97 bits per heavy atom. The maximum atomic E-state index is 13.1. The number of nitrogens with zero attached hydrogens (tertiary/aromatic N) is 2. The SMILES string of the molecule is COc1ccc(C2=NN(C(=O)CSc3ccc(F)cc3)[C@@H](c3ccco3)C2)cc1. The van der Waals surface area contributed by atoms with Gasteiger partial charge in [-0.25, -0.2) is 9.40 Å². The first kappa shape index (κ1) is 19.3. The molecule has 1 atom stereocenters. The molecule has 1 aliphatic heterocycles. The highest BCUT2D eigenvalue weighted by molar-refractivity contribution is 8.00. The molecule has 0 fully saturated rings. The largest absolute Gasteiger partial charge is 0.497 e. The minimum atomic E-state index is -0.299. The number of ether oxygens (including phenoxy) is 1. The van der Waals surface area contributed by atoms with Gasteiger partial charge in [0.15, 0.2) is 0 Å². The zero-order valence-electron chi connectivity index (χ0n) is 15.7. The molecule has 0 saturated carbocycles. The number of hydrazone groups is 1. The average Bonchev–Trinajstić information content (AvgIpc) is 3.43. The van der Waals surface area contributed by atoms with Crippen molar-refractivity contribution in [2.45, 2.75) is 17.4 Å². The molecule has 0 saturated heterocycles. The van der Waals surface area contributed by atoms with Crippen molar-refractivity contribution in [2.24, 2.45) is 5.10 Å². The normalized spacial score (nSPS) is 16.0. The molecule has 5 nitrogen and oxygen atoms in total. The van der Waals surface area contributed by atoms with Gasteiger partial charge in [-0.3, -0.25) is 4.79 Å². The molecule has 0 radical (unpaired) electrons. The zero-order valence-corrected chi connectivity index (χ0v) is 16.6. The molecule has 2 heterocycles. The van der Waals surface area contributed by atoms with E-state index >= 15 is 0 Å². The first-order valence-corrected chi connectivity index (χ1v) is 10.1. The Morgan fingerprint density at radius 3 is 2.62 bits per heavy atom. The summed E-state index contributed by atoms with van der Waals surface area (Å²) in [6.45, 7) is 0. The number of halogens is 1. The number of benzene rings is 2. The number of carbonyl (C=O) groups excluding carboxylic acids is 1. The van der Waals surface area contributed by atoms with Crippen molar-refractivity contribution in [1.29, 1.82) is 0 Å². The molecular weight excluding hydrogens is 391 g/mol. The van der Waals surface area contributed by atoms with E-state index < -0.39 is 0 Å². The molecular formula is C22H19FN2O3S. The molecule has 2 aromatic carbocycles. The van der Waals surface area contributed by atoms with E-state index in [1.54, 1.807) is 31.6 Å². The number of rotatable bonds is 6. The summed E-state index contributed by atoms with van der Waals surface area (Å²) in [5.74, 6) is 1.22. The molecule has 3 aromatic rings. The van der Waals surface area contributed by atoms with Gasteiger partial charge in [-0.05, 0) is 66.2 Å². The quantitative estimate of drug-likeness (QED) is 0.543. The average molecular weight is 410 g/mol. The van der Waals surface area contributed by atoms with Crippen LogP contribution in [0, 0.1) is 5.82 Å². The molecule has 0 aliphatic carbocycles. The third-order valence-corrected chi connectivity index (χ3v) is 5.63. The molecule has 0 spiro atoms. The van der Waals surface area contributed by atoms with E-state index in [4.69, 9.17) is 9.15 Å². The molecule has 148 valence electrons. The lowest BCUT2D eigenvalue weighted by Crippen LogP contribution is -2.28. The molecule has 1 aromatic heterocycles. The Labute approximate surface area is 172 Å². The summed E-state index contributed by atoms with van der Waals surface area (Å²) >= 11 is 1.35. The van der Waals surface area contributed by atoms with Crippen molar-refractivity contribution >= 4 is 23.4 Å². The van der Waals surface area contributed by atoms with Crippen LogP contribution in [0.25, 0.3) is 0 Å². The van der Waals surface area contributed by atoms with E-state index in [-0.39, 0.29) is 23.5 Å². The highest BCUT2D eigenvalue weighted by atomic mass is 32.2. The van der Waals surface area contributed by atoms with Crippen LogP contribution in [0.4, 0.5) is 4.39 Å². The Morgan fingerprint density at radius 1 is 1.21 bits per heavy atom. The van der Waals surface area contributed by atoms with Crippen molar-refractivity contribution in [1.82, 2.24) is 5.01 Å². The van der Waals surface area contributed by atoms with Gasteiger partial charge < -0.3 is 9.15 Å². The second kappa shape index (κ2) is 8.53. The maximum Gasteiger partial charge on any atom is 0.253 e. The van der Waals surface area contributed by atoms with Crippen molar-refractivity contribution < 1.29 is 18.3 Å². The van der Waals surface area contributed by atoms with Gasteiger partial charge >= 0.3 is 0 Å². The number of carbonyl (C=O) groups is 1. The van der Waals surface area contributed by atoms with Gasteiger partial charge in [0.2, 0.25) is 0 Å². The molecule has 29 heavy (non-hydrogen) atoms. The molecule has 1 aliphatic rings. The predicted octanol–water partition coefficient (Wildman–Crippen LogP) is 4.90. The summed E-state index contributed by atoms with van der Waals surface area (Å²) in [4.78, 5) is 13.8. The molecule has 4 rings (SSSR count). The van der Waals surface area contributed by atoms with Crippen LogP contribution in [0.5, 0.6) is 5.75 Å². The van der Waals surface area contributed by atoms with Gasteiger partial charge in [-0.15, -0.1) is 11.8 Å². The Bertz CT molecular complexity index is 1000. The van der Waals surface area contributed by atoms with Crippen molar-refractivity contribution in [2.75, 3.05) is 12.9 Å². The van der Waals surface area contributed by atoms with Gasteiger partial charge in [0.1, 0.15) is 23.4 Å². The number of furan rings is 1. The highest BCUT2D eigenvalue weighted by Gasteiger charge is 2.34. The standard InChI is InChI=1S/C22H19FN2O3S/c1-27-17-8-4-15(5-9-17)19-13-20(21-3-2-12-28-21)25(24-19)22(26)14-29-18-10-6-16(23)7-11-18/h2-12,20H,13-14H2,1H3/t20-/m1/s1. The van der Waals surface area contributed by atoms with Gasteiger partial charge in [0.25, 0.3) is 5.91 Å². The smallest absolute Gasteiger partial charge is 0.253 e. The second-order valence-electron chi connectivity index (χ2n) is 6.49. The summed E-state index contributed by atoms with van der Waals surface area (Å²) in [6.07, 6.45) is 2.16. The van der Waals surface area contributed by atoms with Crippen molar-refractivity contribution in [3.8, 4) is 5.75 Å². The number of methoxy groups -OCH3 is 1. The van der Waals surface area contributed by atoms with Crippen LogP contribution in [0.3, 0.4) is 0 Å². The van der Waals surface area contributed by atoms with E-state index in [0.717, 1.165) is 21.9 Å². The van der Waals surface area contributed by atoms with Crippen molar-refractivity contribution in [3.63, 3.8) is 0 Å². The van der Waals surface area contributed by atoms with E-state index in [0.29, 0.717) is 12.2 Å². The van der Waals surface area contributed by atoms with Gasteiger partial charge in [-0.1, -0.05) is 0 Å². The monoisotopic (exact) mass is 410 g/mol. The molecule has 0 bridgehead atoms. The number of thioether (sulfide) groups is 1. The number of hydrogen-bond acceptors (Lipinski definition) is 5. The maximum absolute atomic E-state index is 13.1. The lowest BCUT2D eigenvalue weighted by Gasteiger charge is -2.19.